The lowest BCUT2D eigenvalue weighted by Crippen LogP contribution is -2.18. The molecule has 0 radical (unpaired) electrons. The van der Waals surface area contributed by atoms with Crippen molar-refractivity contribution in [3.8, 4) is 11.4 Å². The van der Waals surface area contributed by atoms with Gasteiger partial charge in [0.15, 0.2) is 0 Å². The minimum atomic E-state index is -0.176. The van der Waals surface area contributed by atoms with Gasteiger partial charge in [0, 0.05) is 42.9 Å². The second-order valence-electron chi connectivity index (χ2n) is 5.94. The van der Waals surface area contributed by atoms with Gasteiger partial charge in [-0.2, -0.15) is 0 Å². The van der Waals surface area contributed by atoms with Gasteiger partial charge in [0.2, 0.25) is 0 Å². The summed E-state index contributed by atoms with van der Waals surface area (Å²) in [6.07, 6.45) is 8.03. The molecule has 0 bridgehead atoms. The molecule has 23 heavy (non-hydrogen) atoms. The molecule has 116 valence electrons. The van der Waals surface area contributed by atoms with Gasteiger partial charge in [-0.15, -0.1) is 0 Å². The van der Waals surface area contributed by atoms with E-state index in [-0.39, 0.29) is 5.91 Å². The minimum Gasteiger partial charge on any atom is -0.364 e. The van der Waals surface area contributed by atoms with E-state index in [0.717, 1.165) is 29.1 Å². The Morgan fingerprint density at radius 1 is 1.39 bits per heavy atom. The molecule has 0 saturated carbocycles. The van der Waals surface area contributed by atoms with Crippen LogP contribution < -0.4 is 5.32 Å². The second kappa shape index (κ2) is 5.08. The SMILES string of the molecule is Cc1ccnc(NC(=O)c2c[nH]c3c2-c2nccn2[C@H](C)C3)c1. The molecular formula is C17H17N5O. The van der Waals surface area contributed by atoms with Crippen LogP contribution in [0.25, 0.3) is 11.4 Å². The Hall–Kier alpha value is -2.89. The fourth-order valence-corrected chi connectivity index (χ4v) is 3.11. The van der Waals surface area contributed by atoms with Gasteiger partial charge in [0.05, 0.1) is 11.1 Å². The Labute approximate surface area is 133 Å². The zero-order valence-electron chi connectivity index (χ0n) is 13.0. The zero-order valence-corrected chi connectivity index (χ0v) is 13.0. The molecule has 4 heterocycles. The fraction of sp³-hybridized carbons (Fsp3) is 0.235. The van der Waals surface area contributed by atoms with Crippen LogP contribution in [-0.2, 0) is 6.42 Å². The van der Waals surface area contributed by atoms with Crippen LogP contribution in [0.4, 0.5) is 5.82 Å². The van der Waals surface area contributed by atoms with Crippen molar-refractivity contribution in [2.75, 3.05) is 5.32 Å². The Morgan fingerprint density at radius 3 is 3.09 bits per heavy atom. The van der Waals surface area contributed by atoms with Gasteiger partial charge in [-0.05, 0) is 31.5 Å². The van der Waals surface area contributed by atoms with E-state index in [0.29, 0.717) is 17.4 Å². The quantitative estimate of drug-likeness (QED) is 0.764. The third-order valence-electron chi connectivity index (χ3n) is 4.23. The largest absolute Gasteiger partial charge is 0.364 e. The summed E-state index contributed by atoms with van der Waals surface area (Å²) in [6.45, 7) is 4.11. The number of hydrogen-bond acceptors (Lipinski definition) is 3. The van der Waals surface area contributed by atoms with Gasteiger partial charge in [-0.1, -0.05) is 0 Å². The zero-order chi connectivity index (χ0) is 16.0. The Bertz CT molecular complexity index is 892. The van der Waals surface area contributed by atoms with E-state index >= 15 is 0 Å². The molecule has 0 aromatic carbocycles. The topological polar surface area (TPSA) is 75.6 Å². The normalized spacial score (nSPS) is 15.8. The monoisotopic (exact) mass is 307 g/mol. The summed E-state index contributed by atoms with van der Waals surface area (Å²) < 4.78 is 2.11. The van der Waals surface area contributed by atoms with Crippen molar-refractivity contribution in [1.29, 1.82) is 0 Å². The smallest absolute Gasteiger partial charge is 0.259 e. The number of carbonyl (C=O) groups is 1. The number of H-pyrrole nitrogens is 1. The van der Waals surface area contributed by atoms with Gasteiger partial charge in [0.1, 0.15) is 11.6 Å². The number of nitrogens with one attached hydrogen (secondary N) is 2. The third kappa shape index (κ3) is 2.23. The number of aryl methyl sites for hydroxylation is 1. The molecule has 0 spiro atoms. The highest BCUT2D eigenvalue weighted by atomic mass is 16.1. The summed E-state index contributed by atoms with van der Waals surface area (Å²) in [5.74, 6) is 1.21. The molecule has 0 fully saturated rings. The molecule has 2 N–H and O–H groups in total. The number of anilines is 1. The highest BCUT2D eigenvalue weighted by Crippen LogP contribution is 2.35. The van der Waals surface area contributed by atoms with Gasteiger partial charge in [-0.25, -0.2) is 9.97 Å². The summed E-state index contributed by atoms with van der Waals surface area (Å²) >= 11 is 0. The number of amides is 1. The second-order valence-corrected chi connectivity index (χ2v) is 5.94. The predicted octanol–water partition coefficient (Wildman–Crippen LogP) is 2.95. The minimum absolute atomic E-state index is 0.176. The van der Waals surface area contributed by atoms with Crippen LogP contribution in [-0.4, -0.2) is 25.4 Å². The molecule has 1 aliphatic rings. The van der Waals surface area contributed by atoms with Crippen molar-refractivity contribution in [2.45, 2.75) is 26.3 Å². The van der Waals surface area contributed by atoms with Gasteiger partial charge in [0.25, 0.3) is 5.91 Å². The number of aromatic nitrogens is 4. The number of imidazole rings is 1. The standard InChI is InChI=1S/C17H17N5O/c1-10-3-4-18-14(7-10)21-17(23)12-9-20-13-8-11(2)22-6-5-19-16(22)15(12)13/h3-7,9,11,20H,8H2,1-2H3,(H,18,21,23)/t11-/m1/s1. The van der Waals surface area contributed by atoms with Gasteiger partial charge < -0.3 is 14.9 Å². The number of rotatable bonds is 2. The lowest BCUT2D eigenvalue weighted by molar-refractivity contribution is 0.102. The van der Waals surface area contributed by atoms with Crippen LogP contribution >= 0.6 is 0 Å². The molecule has 0 aliphatic carbocycles. The van der Waals surface area contributed by atoms with Crippen LogP contribution in [0.5, 0.6) is 0 Å². The van der Waals surface area contributed by atoms with Crippen molar-refractivity contribution in [1.82, 2.24) is 19.5 Å². The van der Waals surface area contributed by atoms with Gasteiger partial charge >= 0.3 is 0 Å². The number of hydrogen-bond donors (Lipinski definition) is 2. The number of fused-ring (bicyclic) bond motifs is 3. The lowest BCUT2D eigenvalue weighted by Gasteiger charge is -2.22. The molecule has 1 amide bonds. The molecular weight excluding hydrogens is 290 g/mol. The van der Waals surface area contributed by atoms with Crippen molar-refractivity contribution in [3.05, 3.63) is 53.7 Å². The fourth-order valence-electron chi connectivity index (χ4n) is 3.11. The average Bonchev–Trinajstić information content (AvgIpc) is 3.13. The van der Waals surface area contributed by atoms with E-state index in [4.69, 9.17) is 0 Å². The number of pyridine rings is 1. The van der Waals surface area contributed by atoms with E-state index in [1.165, 1.54) is 0 Å². The molecule has 4 rings (SSSR count). The molecule has 0 saturated heterocycles. The number of carbonyl (C=O) groups excluding carboxylic acids is 1. The third-order valence-corrected chi connectivity index (χ3v) is 4.23. The molecule has 3 aromatic heterocycles. The molecule has 6 nitrogen and oxygen atoms in total. The first kappa shape index (κ1) is 13.8. The number of aromatic amines is 1. The first-order valence-electron chi connectivity index (χ1n) is 7.61. The average molecular weight is 307 g/mol. The first-order chi connectivity index (χ1) is 11.1. The maximum Gasteiger partial charge on any atom is 0.259 e. The van der Waals surface area contributed by atoms with E-state index in [1.54, 1.807) is 18.6 Å². The summed E-state index contributed by atoms with van der Waals surface area (Å²) in [5.41, 5.74) is 3.59. The summed E-state index contributed by atoms with van der Waals surface area (Å²) in [5, 5.41) is 2.86. The van der Waals surface area contributed by atoms with Crippen LogP contribution in [0.2, 0.25) is 0 Å². The van der Waals surface area contributed by atoms with Crippen LogP contribution in [0, 0.1) is 6.92 Å². The molecule has 1 atom stereocenters. The van der Waals surface area contributed by atoms with Crippen LogP contribution in [0.1, 0.15) is 34.6 Å². The predicted molar refractivity (Wildman–Crippen MR) is 87.4 cm³/mol. The molecule has 0 unspecified atom stereocenters. The first-order valence-corrected chi connectivity index (χ1v) is 7.61. The number of nitrogens with zero attached hydrogens (tertiary/aromatic N) is 3. The Kier molecular flexibility index (Phi) is 3.04. The lowest BCUT2D eigenvalue weighted by atomic mass is 10.0. The maximum absolute atomic E-state index is 12.7. The highest BCUT2D eigenvalue weighted by molar-refractivity contribution is 6.08. The van der Waals surface area contributed by atoms with E-state index < -0.39 is 0 Å². The summed E-state index contributed by atoms with van der Waals surface area (Å²) in [6, 6.07) is 4.07. The van der Waals surface area contributed by atoms with Crippen LogP contribution in [0.3, 0.4) is 0 Å². The molecule has 3 aromatic rings. The molecule has 1 aliphatic heterocycles. The molecule has 6 heteroatoms. The van der Waals surface area contributed by atoms with E-state index in [2.05, 4.69) is 31.8 Å². The maximum atomic E-state index is 12.7. The highest BCUT2D eigenvalue weighted by Gasteiger charge is 2.28. The van der Waals surface area contributed by atoms with Crippen LogP contribution in [0.15, 0.2) is 36.9 Å². The van der Waals surface area contributed by atoms with Crippen molar-refractivity contribution in [3.63, 3.8) is 0 Å². The summed E-state index contributed by atoms with van der Waals surface area (Å²) in [4.78, 5) is 24.5. The van der Waals surface area contributed by atoms with Crippen molar-refractivity contribution in [2.24, 2.45) is 0 Å². The van der Waals surface area contributed by atoms with E-state index in [9.17, 15) is 4.79 Å². The van der Waals surface area contributed by atoms with E-state index in [1.807, 2.05) is 25.3 Å². The Balaban J connectivity index is 1.71. The van der Waals surface area contributed by atoms with Crippen molar-refractivity contribution < 1.29 is 4.79 Å². The van der Waals surface area contributed by atoms with Gasteiger partial charge in [-0.3, -0.25) is 4.79 Å². The summed E-state index contributed by atoms with van der Waals surface area (Å²) in [7, 11) is 0. The van der Waals surface area contributed by atoms with Crippen molar-refractivity contribution >= 4 is 11.7 Å². The Morgan fingerprint density at radius 2 is 2.26 bits per heavy atom.